The molecule has 0 radical (unpaired) electrons. The number of halogens is 1. The van der Waals surface area contributed by atoms with Crippen LogP contribution in [0.15, 0.2) is 53.3 Å². The fourth-order valence-electron chi connectivity index (χ4n) is 2.64. The summed E-state index contributed by atoms with van der Waals surface area (Å²) < 4.78 is 30.3. The SMILES string of the molecule is COc1ccc(-n2nc(C(=O)Nc3cccc(F)c3)c(=O)cc2OC)cc1OC. The zero-order valence-corrected chi connectivity index (χ0v) is 15.9. The Balaban J connectivity index is 2.05. The minimum absolute atomic E-state index is 0.115. The van der Waals surface area contributed by atoms with Crippen LogP contribution >= 0.6 is 0 Å². The largest absolute Gasteiger partial charge is 0.493 e. The minimum Gasteiger partial charge on any atom is -0.493 e. The second kappa shape index (κ2) is 8.42. The van der Waals surface area contributed by atoms with Gasteiger partial charge in [-0.1, -0.05) is 6.07 Å². The maximum absolute atomic E-state index is 13.3. The van der Waals surface area contributed by atoms with E-state index in [0.717, 1.165) is 12.1 Å². The van der Waals surface area contributed by atoms with Gasteiger partial charge in [0.25, 0.3) is 5.91 Å². The van der Waals surface area contributed by atoms with Crippen molar-refractivity contribution in [3.05, 3.63) is 70.3 Å². The zero-order valence-electron chi connectivity index (χ0n) is 15.9. The molecule has 0 spiro atoms. The molecule has 0 fully saturated rings. The van der Waals surface area contributed by atoms with Crippen LogP contribution in [0.5, 0.6) is 17.4 Å². The molecule has 0 aliphatic heterocycles. The van der Waals surface area contributed by atoms with Gasteiger partial charge in [-0.05, 0) is 30.3 Å². The van der Waals surface area contributed by atoms with Crippen LogP contribution in [0.25, 0.3) is 5.69 Å². The first kappa shape index (κ1) is 19.9. The molecule has 3 rings (SSSR count). The molecule has 1 amide bonds. The standard InChI is InChI=1S/C20H18FN3O5/c1-27-16-8-7-14(10-17(16)28-2)24-18(29-3)11-15(25)19(23-24)20(26)22-13-6-4-5-12(21)9-13/h4-11H,1-3H3,(H,22,26). The summed E-state index contributed by atoms with van der Waals surface area (Å²) in [6.45, 7) is 0. The lowest BCUT2D eigenvalue weighted by Crippen LogP contribution is -2.26. The molecular weight excluding hydrogens is 381 g/mol. The Bertz CT molecular complexity index is 1110. The number of methoxy groups -OCH3 is 3. The molecule has 0 aliphatic rings. The summed E-state index contributed by atoms with van der Waals surface area (Å²) in [6.07, 6.45) is 0. The van der Waals surface area contributed by atoms with Crippen molar-refractivity contribution in [2.45, 2.75) is 0 Å². The molecule has 3 aromatic rings. The fraction of sp³-hybridized carbons (Fsp3) is 0.150. The highest BCUT2D eigenvalue weighted by Crippen LogP contribution is 2.30. The summed E-state index contributed by atoms with van der Waals surface area (Å²) in [6, 6.07) is 11.4. The number of carbonyl (C=O) groups excluding carboxylic acids is 1. The molecule has 0 saturated carbocycles. The van der Waals surface area contributed by atoms with E-state index in [4.69, 9.17) is 14.2 Å². The number of aromatic nitrogens is 2. The molecule has 2 aromatic carbocycles. The second-order valence-electron chi connectivity index (χ2n) is 5.82. The summed E-state index contributed by atoms with van der Waals surface area (Å²) >= 11 is 0. The van der Waals surface area contributed by atoms with Gasteiger partial charge in [0.1, 0.15) is 5.82 Å². The van der Waals surface area contributed by atoms with Crippen LogP contribution in [0.2, 0.25) is 0 Å². The van der Waals surface area contributed by atoms with Crippen LogP contribution < -0.4 is 25.0 Å². The number of hydrogen-bond acceptors (Lipinski definition) is 6. The molecule has 150 valence electrons. The fourth-order valence-corrected chi connectivity index (χ4v) is 2.64. The first-order chi connectivity index (χ1) is 14.0. The van der Waals surface area contributed by atoms with Gasteiger partial charge in [0.15, 0.2) is 17.2 Å². The van der Waals surface area contributed by atoms with E-state index < -0.39 is 17.2 Å². The molecule has 0 aliphatic carbocycles. The Morgan fingerprint density at radius 2 is 1.76 bits per heavy atom. The third kappa shape index (κ3) is 4.18. The number of anilines is 1. The van der Waals surface area contributed by atoms with Gasteiger partial charge in [-0.25, -0.2) is 4.39 Å². The summed E-state index contributed by atoms with van der Waals surface area (Å²) in [5, 5.41) is 6.60. The molecule has 1 aromatic heterocycles. The first-order valence-corrected chi connectivity index (χ1v) is 8.44. The molecule has 0 bridgehead atoms. The summed E-state index contributed by atoms with van der Waals surface area (Å²) in [7, 11) is 4.36. The summed E-state index contributed by atoms with van der Waals surface area (Å²) in [5.41, 5.74) is -0.360. The number of rotatable bonds is 6. The minimum atomic E-state index is -0.780. The smallest absolute Gasteiger partial charge is 0.280 e. The van der Waals surface area contributed by atoms with Gasteiger partial charge in [0.2, 0.25) is 11.3 Å². The van der Waals surface area contributed by atoms with Crippen LogP contribution in [-0.2, 0) is 0 Å². The van der Waals surface area contributed by atoms with Crippen molar-refractivity contribution in [3.8, 4) is 23.1 Å². The average Bonchev–Trinajstić information content (AvgIpc) is 2.72. The predicted molar refractivity (Wildman–Crippen MR) is 104 cm³/mol. The predicted octanol–water partition coefficient (Wildman–Crippen LogP) is 2.65. The van der Waals surface area contributed by atoms with Crippen LogP contribution in [0.3, 0.4) is 0 Å². The van der Waals surface area contributed by atoms with E-state index >= 15 is 0 Å². The number of nitrogens with one attached hydrogen (secondary N) is 1. The van der Waals surface area contributed by atoms with Gasteiger partial charge in [0.05, 0.1) is 33.1 Å². The number of carbonyl (C=O) groups is 1. The molecule has 1 heterocycles. The van der Waals surface area contributed by atoms with Crippen molar-refractivity contribution in [3.63, 3.8) is 0 Å². The third-order valence-electron chi connectivity index (χ3n) is 4.02. The molecule has 0 atom stereocenters. The molecular formula is C20H18FN3O5. The van der Waals surface area contributed by atoms with E-state index in [2.05, 4.69) is 10.4 Å². The number of hydrogen-bond donors (Lipinski definition) is 1. The Hall–Kier alpha value is -3.88. The third-order valence-corrected chi connectivity index (χ3v) is 4.02. The average molecular weight is 399 g/mol. The molecule has 0 unspecified atom stereocenters. The van der Waals surface area contributed by atoms with Crippen molar-refractivity contribution in [1.29, 1.82) is 0 Å². The number of benzene rings is 2. The van der Waals surface area contributed by atoms with Crippen LogP contribution in [0.4, 0.5) is 10.1 Å². The molecule has 0 saturated heterocycles. The highest BCUT2D eigenvalue weighted by atomic mass is 19.1. The van der Waals surface area contributed by atoms with E-state index in [1.807, 2.05) is 0 Å². The van der Waals surface area contributed by atoms with Gasteiger partial charge < -0.3 is 19.5 Å². The Kier molecular flexibility index (Phi) is 5.77. The van der Waals surface area contributed by atoms with Gasteiger partial charge in [-0.2, -0.15) is 9.78 Å². The Morgan fingerprint density at radius 1 is 1.00 bits per heavy atom. The lowest BCUT2D eigenvalue weighted by Gasteiger charge is -2.14. The van der Waals surface area contributed by atoms with E-state index in [9.17, 15) is 14.0 Å². The topological polar surface area (TPSA) is 91.7 Å². The monoisotopic (exact) mass is 399 g/mol. The van der Waals surface area contributed by atoms with E-state index in [1.54, 1.807) is 18.2 Å². The lowest BCUT2D eigenvalue weighted by atomic mass is 10.2. The lowest BCUT2D eigenvalue weighted by molar-refractivity contribution is 0.101. The van der Waals surface area contributed by atoms with Crippen molar-refractivity contribution in [2.24, 2.45) is 0 Å². The van der Waals surface area contributed by atoms with Crippen LogP contribution in [0.1, 0.15) is 10.5 Å². The maximum Gasteiger partial charge on any atom is 0.280 e. The highest BCUT2D eigenvalue weighted by molar-refractivity contribution is 6.02. The number of ether oxygens (including phenoxy) is 3. The summed E-state index contributed by atoms with van der Waals surface area (Å²) in [4.78, 5) is 24.9. The van der Waals surface area contributed by atoms with Gasteiger partial charge in [0, 0.05) is 11.8 Å². The zero-order chi connectivity index (χ0) is 21.0. The second-order valence-corrected chi connectivity index (χ2v) is 5.82. The van der Waals surface area contributed by atoms with Crippen LogP contribution in [-0.4, -0.2) is 37.0 Å². The molecule has 29 heavy (non-hydrogen) atoms. The first-order valence-electron chi connectivity index (χ1n) is 8.44. The number of nitrogens with zero attached hydrogens (tertiary/aromatic N) is 2. The van der Waals surface area contributed by atoms with Gasteiger partial charge in [-0.3, -0.25) is 9.59 Å². The van der Waals surface area contributed by atoms with Gasteiger partial charge >= 0.3 is 0 Å². The van der Waals surface area contributed by atoms with Crippen molar-refractivity contribution >= 4 is 11.6 Å². The highest BCUT2D eigenvalue weighted by Gasteiger charge is 2.18. The maximum atomic E-state index is 13.3. The van der Waals surface area contributed by atoms with E-state index in [1.165, 1.54) is 44.2 Å². The normalized spacial score (nSPS) is 10.3. The van der Waals surface area contributed by atoms with Gasteiger partial charge in [-0.15, -0.1) is 0 Å². The molecule has 1 N–H and O–H groups in total. The Morgan fingerprint density at radius 3 is 2.41 bits per heavy atom. The van der Waals surface area contributed by atoms with Crippen molar-refractivity contribution < 1.29 is 23.4 Å². The Labute approximate surface area is 165 Å². The molecule has 8 nitrogen and oxygen atoms in total. The van der Waals surface area contributed by atoms with Crippen molar-refractivity contribution in [1.82, 2.24) is 9.78 Å². The quantitative estimate of drug-likeness (QED) is 0.685. The number of amides is 1. The molecule has 9 heteroatoms. The van der Waals surface area contributed by atoms with E-state index in [-0.39, 0.29) is 17.3 Å². The van der Waals surface area contributed by atoms with Crippen molar-refractivity contribution in [2.75, 3.05) is 26.6 Å². The van der Waals surface area contributed by atoms with E-state index in [0.29, 0.717) is 17.2 Å². The van der Waals surface area contributed by atoms with Crippen LogP contribution in [0, 0.1) is 5.82 Å². The summed E-state index contributed by atoms with van der Waals surface area (Å²) in [5.74, 6) is -0.256.